The molecule has 0 aliphatic heterocycles. The molecule has 1 fully saturated rings. The zero-order valence-electron chi connectivity index (χ0n) is 13.8. The third-order valence-corrected chi connectivity index (χ3v) is 3.72. The Kier molecular flexibility index (Phi) is 4.84. The average Bonchev–Trinajstić information content (AvgIpc) is 2.78. The van der Waals surface area contributed by atoms with Crippen molar-refractivity contribution in [2.75, 3.05) is 5.32 Å². The number of carbonyl (C=O) groups excluding carboxylic acids is 1. The van der Waals surface area contributed by atoms with Crippen molar-refractivity contribution in [3.63, 3.8) is 0 Å². The van der Waals surface area contributed by atoms with Gasteiger partial charge in [0.25, 0.3) is 0 Å². The molecule has 1 aliphatic rings. The van der Waals surface area contributed by atoms with Crippen molar-refractivity contribution in [2.45, 2.75) is 64.6 Å². The number of amides is 1. The lowest BCUT2D eigenvalue weighted by Crippen LogP contribution is -2.38. The second kappa shape index (κ2) is 6.46. The SMILES string of the molecule is Cc1cc(NC2CCC(NC(=O)OC(C)(C)C)C2)ccc1O. The van der Waals surface area contributed by atoms with Crippen molar-refractivity contribution in [3.05, 3.63) is 23.8 Å². The van der Waals surface area contributed by atoms with Crippen molar-refractivity contribution in [1.29, 1.82) is 0 Å². The van der Waals surface area contributed by atoms with E-state index in [1.165, 1.54) is 0 Å². The van der Waals surface area contributed by atoms with E-state index in [-0.39, 0.29) is 12.1 Å². The molecular formula is C17H26N2O3. The van der Waals surface area contributed by atoms with Crippen molar-refractivity contribution in [1.82, 2.24) is 5.32 Å². The summed E-state index contributed by atoms with van der Waals surface area (Å²) < 4.78 is 5.28. The Morgan fingerprint density at radius 3 is 2.59 bits per heavy atom. The fraction of sp³-hybridized carbons (Fsp3) is 0.588. The van der Waals surface area contributed by atoms with Gasteiger partial charge in [-0.25, -0.2) is 4.79 Å². The molecule has 1 amide bonds. The monoisotopic (exact) mass is 306 g/mol. The molecule has 3 N–H and O–H groups in total. The van der Waals surface area contributed by atoms with E-state index in [1.807, 2.05) is 39.8 Å². The minimum Gasteiger partial charge on any atom is -0.508 e. The van der Waals surface area contributed by atoms with Gasteiger partial charge in [0, 0.05) is 17.8 Å². The van der Waals surface area contributed by atoms with Gasteiger partial charge in [0.1, 0.15) is 11.4 Å². The first-order chi connectivity index (χ1) is 10.2. The van der Waals surface area contributed by atoms with Gasteiger partial charge in [0.15, 0.2) is 0 Å². The van der Waals surface area contributed by atoms with Crippen LogP contribution in [0.2, 0.25) is 0 Å². The molecule has 22 heavy (non-hydrogen) atoms. The van der Waals surface area contributed by atoms with E-state index in [1.54, 1.807) is 6.07 Å². The molecule has 0 spiro atoms. The van der Waals surface area contributed by atoms with Crippen molar-refractivity contribution < 1.29 is 14.6 Å². The molecule has 2 rings (SSSR count). The first kappa shape index (κ1) is 16.5. The number of aromatic hydroxyl groups is 1. The van der Waals surface area contributed by atoms with Crippen LogP contribution in [0.15, 0.2) is 18.2 Å². The Bertz CT molecular complexity index is 537. The molecule has 1 aromatic carbocycles. The van der Waals surface area contributed by atoms with Crippen molar-refractivity contribution >= 4 is 11.8 Å². The zero-order chi connectivity index (χ0) is 16.3. The number of alkyl carbamates (subject to hydrolysis) is 1. The number of hydrogen-bond donors (Lipinski definition) is 3. The van der Waals surface area contributed by atoms with E-state index in [4.69, 9.17) is 4.74 Å². The number of phenols is 1. The molecule has 1 aromatic rings. The lowest BCUT2D eigenvalue weighted by atomic mass is 10.1. The molecule has 0 aromatic heterocycles. The van der Waals surface area contributed by atoms with Gasteiger partial charge in [-0.3, -0.25) is 0 Å². The number of hydrogen-bond acceptors (Lipinski definition) is 4. The third kappa shape index (κ3) is 4.83. The standard InChI is InChI=1S/C17H26N2O3/c1-11-9-12(7-8-15(11)20)18-13-5-6-14(10-13)19-16(21)22-17(2,3)4/h7-9,13-14,18,20H,5-6,10H2,1-4H3,(H,19,21). The maximum atomic E-state index is 11.8. The van der Waals surface area contributed by atoms with E-state index in [9.17, 15) is 9.90 Å². The smallest absolute Gasteiger partial charge is 0.407 e. The van der Waals surface area contributed by atoms with Gasteiger partial charge in [0.2, 0.25) is 0 Å². The first-order valence-corrected chi connectivity index (χ1v) is 7.78. The van der Waals surface area contributed by atoms with Crippen LogP contribution in [0.5, 0.6) is 5.75 Å². The lowest BCUT2D eigenvalue weighted by Gasteiger charge is -2.22. The van der Waals surface area contributed by atoms with Crippen LogP contribution in [0.25, 0.3) is 0 Å². The van der Waals surface area contributed by atoms with Crippen LogP contribution in [-0.4, -0.2) is 28.9 Å². The summed E-state index contributed by atoms with van der Waals surface area (Å²) in [5.41, 5.74) is 1.38. The number of phenolic OH excluding ortho intramolecular Hbond substituents is 1. The van der Waals surface area contributed by atoms with E-state index in [0.717, 1.165) is 30.5 Å². The summed E-state index contributed by atoms with van der Waals surface area (Å²) in [4.78, 5) is 11.8. The molecule has 122 valence electrons. The Morgan fingerprint density at radius 1 is 1.27 bits per heavy atom. The summed E-state index contributed by atoms with van der Waals surface area (Å²) in [5.74, 6) is 0.307. The maximum absolute atomic E-state index is 11.8. The maximum Gasteiger partial charge on any atom is 0.407 e. The van der Waals surface area contributed by atoms with Crippen LogP contribution in [0, 0.1) is 6.92 Å². The largest absolute Gasteiger partial charge is 0.508 e. The van der Waals surface area contributed by atoms with Crippen LogP contribution in [0.3, 0.4) is 0 Å². The number of benzene rings is 1. The Morgan fingerprint density at radius 2 is 1.95 bits per heavy atom. The Labute approximate surface area is 132 Å². The number of anilines is 1. The summed E-state index contributed by atoms with van der Waals surface area (Å²) >= 11 is 0. The quantitative estimate of drug-likeness (QED) is 0.747. The number of nitrogens with one attached hydrogen (secondary N) is 2. The zero-order valence-corrected chi connectivity index (χ0v) is 13.8. The summed E-state index contributed by atoms with van der Waals surface area (Å²) in [6.07, 6.45) is 2.46. The van der Waals surface area contributed by atoms with Crippen molar-refractivity contribution in [2.24, 2.45) is 0 Å². The van der Waals surface area contributed by atoms with E-state index >= 15 is 0 Å². The van der Waals surface area contributed by atoms with Gasteiger partial charge in [-0.1, -0.05) is 0 Å². The summed E-state index contributed by atoms with van der Waals surface area (Å²) in [6.45, 7) is 7.46. The molecule has 5 heteroatoms. The third-order valence-electron chi connectivity index (χ3n) is 3.72. The summed E-state index contributed by atoms with van der Waals surface area (Å²) in [6, 6.07) is 5.97. The highest BCUT2D eigenvalue weighted by Crippen LogP contribution is 2.26. The second-order valence-corrected chi connectivity index (χ2v) is 7.00. The van der Waals surface area contributed by atoms with Gasteiger partial charge in [0.05, 0.1) is 0 Å². The van der Waals surface area contributed by atoms with Gasteiger partial charge in [-0.15, -0.1) is 0 Å². The van der Waals surface area contributed by atoms with Crippen LogP contribution in [-0.2, 0) is 4.74 Å². The second-order valence-electron chi connectivity index (χ2n) is 7.00. The Hall–Kier alpha value is -1.91. The Balaban J connectivity index is 1.82. The highest BCUT2D eigenvalue weighted by atomic mass is 16.6. The highest BCUT2D eigenvalue weighted by molar-refractivity contribution is 5.68. The molecular weight excluding hydrogens is 280 g/mol. The van der Waals surface area contributed by atoms with E-state index in [0.29, 0.717) is 11.8 Å². The molecule has 0 bridgehead atoms. The van der Waals surface area contributed by atoms with Crippen LogP contribution >= 0.6 is 0 Å². The molecule has 2 atom stereocenters. The highest BCUT2D eigenvalue weighted by Gasteiger charge is 2.27. The molecule has 1 aliphatic carbocycles. The minimum atomic E-state index is -0.468. The minimum absolute atomic E-state index is 0.144. The first-order valence-electron chi connectivity index (χ1n) is 7.78. The van der Waals surface area contributed by atoms with Gasteiger partial charge >= 0.3 is 6.09 Å². The van der Waals surface area contributed by atoms with Crippen molar-refractivity contribution in [3.8, 4) is 5.75 Å². The normalized spacial score (nSPS) is 21.5. The van der Waals surface area contributed by atoms with E-state index < -0.39 is 5.60 Å². The lowest BCUT2D eigenvalue weighted by molar-refractivity contribution is 0.0505. The number of ether oxygens (including phenoxy) is 1. The molecule has 0 saturated heterocycles. The fourth-order valence-corrected chi connectivity index (χ4v) is 2.70. The van der Waals surface area contributed by atoms with Crippen LogP contribution in [0.1, 0.15) is 45.6 Å². The molecule has 1 saturated carbocycles. The average molecular weight is 306 g/mol. The van der Waals surface area contributed by atoms with Gasteiger partial charge in [-0.05, 0) is 70.7 Å². The van der Waals surface area contributed by atoms with E-state index in [2.05, 4.69) is 10.6 Å². The topological polar surface area (TPSA) is 70.6 Å². The number of rotatable bonds is 3. The summed E-state index contributed by atoms with van der Waals surface area (Å²) in [7, 11) is 0. The number of carbonyl (C=O) groups is 1. The predicted octanol–water partition coefficient (Wildman–Crippen LogP) is 3.56. The molecule has 0 heterocycles. The fourth-order valence-electron chi connectivity index (χ4n) is 2.70. The molecule has 2 unspecified atom stereocenters. The molecule has 0 radical (unpaired) electrons. The molecule has 5 nitrogen and oxygen atoms in total. The number of aryl methyl sites for hydroxylation is 1. The van der Waals surface area contributed by atoms with Crippen LogP contribution < -0.4 is 10.6 Å². The van der Waals surface area contributed by atoms with Gasteiger partial charge in [-0.2, -0.15) is 0 Å². The van der Waals surface area contributed by atoms with Gasteiger partial charge < -0.3 is 20.5 Å². The predicted molar refractivity (Wildman–Crippen MR) is 87.3 cm³/mol. The van der Waals surface area contributed by atoms with Crippen LogP contribution in [0.4, 0.5) is 10.5 Å². The summed E-state index contributed by atoms with van der Waals surface area (Å²) in [5, 5.41) is 15.9.